The predicted octanol–water partition coefficient (Wildman–Crippen LogP) is 8.44. The van der Waals surface area contributed by atoms with Gasteiger partial charge in [0.25, 0.3) is 11.8 Å². The minimum absolute atomic E-state index is 0.0229. The fourth-order valence-corrected chi connectivity index (χ4v) is 11.9. The van der Waals surface area contributed by atoms with Crippen LogP contribution in [0, 0.1) is 11.3 Å². The Bertz CT molecular complexity index is 3730. The lowest BCUT2D eigenvalue weighted by Crippen LogP contribution is -2.55. The van der Waals surface area contributed by atoms with Crippen LogP contribution in [0.1, 0.15) is 121 Å². The van der Waals surface area contributed by atoms with Crippen LogP contribution in [0.15, 0.2) is 115 Å². The van der Waals surface area contributed by atoms with Crippen LogP contribution >= 0.6 is 0 Å². The van der Waals surface area contributed by atoms with Crippen molar-refractivity contribution in [3.8, 4) is 23.0 Å². The molecule has 5 aromatic carbocycles. The highest BCUT2D eigenvalue weighted by atomic mass is 16.6. The van der Waals surface area contributed by atoms with Crippen LogP contribution < -0.4 is 50.8 Å². The van der Waals surface area contributed by atoms with E-state index in [0.717, 1.165) is 28.0 Å². The SMILES string of the molecule is COc1cc2c(cc1OCc1cccc(COc3cc4c(cc3OC)C(=O)N3Cc5ccccc5CC3C(O)N4C(=O)OCc3ccc(NC(=O)[C@H](C)NC(=O)[C@@H](NC(=O)C(C)(C)CCOC(C)(C)CCN)C(C)C)cc3)n1)NC[C@@H]1Cc3ccccc3CN1C2=O. The van der Waals surface area contributed by atoms with E-state index < -0.39 is 59.2 Å². The number of aliphatic hydroxyl groups excluding tert-OH is 1. The van der Waals surface area contributed by atoms with Crippen molar-refractivity contribution in [1.82, 2.24) is 25.4 Å². The van der Waals surface area contributed by atoms with Crippen molar-refractivity contribution in [2.24, 2.45) is 17.1 Å². The van der Waals surface area contributed by atoms with E-state index in [9.17, 15) is 33.9 Å². The molecule has 10 rings (SSSR count). The zero-order valence-electron chi connectivity index (χ0n) is 53.6. The minimum Gasteiger partial charge on any atom is -0.493 e. The number of carbonyl (C=O) groups is 6. The van der Waals surface area contributed by atoms with Gasteiger partial charge >= 0.3 is 6.09 Å². The number of anilines is 3. The monoisotopic (exact) mass is 1260 g/mol. The molecule has 6 amide bonds. The summed E-state index contributed by atoms with van der Waals surface area (Å²) in [6.45, 7) is 14.4. The molecular formula is C70H83N9O13. The molecule has 0 spiro atoms. The number of pyridine rings is 1. The van der Waals surface area contributed by atoms with Gasteiger partial charge in [0.2, 0.25) is 17.7 Å². The second kappa shape index (κ2) is 28.1. The molecule has 2 unspecified atom stereocenters. The summed E-state index contributed by atoms with van der Waals surface area (Å²) in [7, 11) is 2.97. The molecule has 22 nitrogen and oxygen atoms in total. The molecule has 0 saturated carbocycles. The number of nitrogens with one attached hydrogen (secondary N) is 4. The summed E-state index contributed by atoms with van der Waals surface area (Å²) in [5.41, 5.74) is 11.9. The first kappa shape index (κ1) is 65.7. The Morgan fingerprint density at radius 1 is 0.696 bits per heavy atom. The number of amides is 6. The first-order chi connectivity index (χ1) is 44.0. The molecule has 7 N–H and O–H groups in total. The molecule has 5 heterocycles. The number of fused-ring (bicyclic) bond motifs is 6. The molecule has 92 heavy (non-hydrogen) atoms. The normalized spacial score (nSPS) is 17.3. The third kappa shape index (κ3) is 14.7. The second-order valence-corrected chi connectivity index (χ2v) is 25.4. The standard InChI is InChI=1S/C70H83N9O13/c1-41(2)61(76-67(85)69(4,5)26-28-92-70(6,7)25-27-71)63(81)73-42(3)62(80)75-48-23-21-43(22-24-48)38-91-68(86)79-55-34-60(58(88-9)32-53(55)65(83)78-37-47-18-13-11-16-45(47)30-56(78)66(79)84)90-40-50-20-14-19-49(74-50)39-89-59-33-54-52(31-57(59)87-8)64(82)77-36-46-17-12-10-15-44(46)29-51(77)35-72-54/h10-24,31-34,41-42,51,56,61,66,72,84H,25-30,35-40,71H2,1-9H3,(H,73,81)(H,75,80)(H,76,85)/t42-,51-,56?,61-,66?/m0/s1. The Balaban J connectivity index is 0.797. The lowest BCUT2D eigenvalue weighted by atomic mass is 9.87. The highest BCUT2D eigenvalue weighted by Crippen LogP contribution is 2.43. The van der Waals surface area contributed by atoms with Gasteiger partial charge in [-0.1, -0.05) is 94.4 Å². The third-order valence-corrected chi connectivity index (χ3v) is 17.6. The van der Waals surface area contributed by atoms with E-state index in [1.807, 2.05) is 81.1 Å². The minimum atomic E-state index is -1.58. The van der Waals surface area contributed by atoms with Gasteiger partial charge in [0.1, 0.15) is 31.9 Å². The number of carbonyl (C=O) groups excluding carboxylic acids is 6. The van der Waals surface area contributed by atoms with E-state index in [4.69, 9.17) is 39.1 Å². The van der Waals surface area contributed by atoms with Crippen molar-refractivity contribution in [1.29, 1.82) is 0 Å². The van der Waals surface area contributed by atoms with Crippen molar-refractivity contribution in [2.75, 3.05) is 49.4 Å². The van der Waals surface area contributed by atoms with E-state index in [1.165, 1.54) is 31.9 Å². The molecule has 4 aliphatic heterocycles. The Hall–Kier alpha value is -9.25. The fourth-order valence-electron chi connectivity index (χ4n) is 11.9. The molecule has 0 aliphatic carbocycles. The topological polar surface area (TPSA) is 275 Å². The van der Waals surface area contributed by atoms with Crippen molar-refractivity contribution >= 4 is 52.7 Å². The maximum atomic E-state index is 14.8. The molecule has 0 saturated heterocycles. The van der Waals surface area contributed by atoms with Gasteiger partial charge in [0.15, 0.2) is 29.2 Å². The van der Waals surface area contributed by atoms with Crippen molar-refractivity contribution in [3.05, 3.63) is 166 Å². The Morgan fingerprint density at radius 3 is 1.92 bits per heavy atom. The molecule has 4 aliphatic rings. The van der Waals surface area contributed by atoms with Gasteiger partial charge in [-0.25, -0.2) is 9.69 Å². The number of benzene rings is 5. The molecule has 22 heteroatoms. The van der Waals surface area contributed by atoms with E-state index >= 15 is 0 Å². The van der Waals surface area contributed by atoms with Crippen LogP contribution in [0.5, 0.6) is 23.0 Å². The van der Waals surface area contributed by atoms with Gasteiger partial charge < -0.3 is 70.3 Å². The zero-order valence-corrected chi connectivity index (χ0v) is 53.6. The summed E-state index contributed by atoms with van der Waals surface area (Å²) in [4.78, 5) is 93.4. The maximum absolute atomic E-state index is 14.8. The van der Waals surface area contributed by atoms with E-state index in [2.05, 4.69) is 33.4 Å². The molecular weight excluding hydrogens is 1170 g/mol. The predicted molar refractivity (Wildman–Crippen MR) is 345 cm³/mol. The highest BCUT2D eigenvalue weighted by molar-refractivity contribution is 6.06. The van der Waals surface area contributed by atoms with Crippen LogP contribution in [0.25, 0.3) is 0 Å². The number of rotatable bonds is 23. The number of hydrogen-bond donors (Lipinski definition) is 6. The Morgan fingerprint density at radius 2 is 1.29 bits per heavy atom. The smallest absolute Gasteiger partial charge is 0.416 e. The average Bonchev–Trinajstić information content (AvgIpc) is 1.58. The van der Waals surface area contributed by atoms with Gasteiger partial charge in [-0.2, -0.15) is 0 Å². The molecule has 486 valence electrons. The third-order valence-electron chi connectivity index (χ3n) is 17.6. The van der Waals surface area contributed by atoms with Gasteiger partial charge in [0, 0.05) is 49.5 Å². The van der Waals surface area contributed by atoms with Gasteiger partial charge in [0.05, 0.1) is 65.8 Å². The largest absolute Gasteiger partial charge is 0.493 e. The fraction of sp³-hybridized carbons (Fsp3) is 0.414. The highest BCUT2D eigenvalue weighted by Gasteiger charge is 2.46. The van der Waals surface area contributed by atoms with Crippen LogP contribution in [0.3, 0.4) is 0 Å². The first-order valence-electron chi connectivity index (χ1n) is 31.2. The number of nitrogens with two attached hydrogens (primary N) is 1. The first-order valence-corrected chi connectivity index (χ1v) is 31.2. The molecule has 5 atom stereocenters. The molecule has 0 fully saturated rings. The van der Waals surface area contributed by atoms with Crippen LogP contribution in [0.4, 0.5) is 21.9 Å². The molecule has 6 aromatic rings. The lowest BCUT2D eigenvalue weighted by Gasteiger charge is -2.39. The maximum Gasteiger partial charge on any atom is 0.416 e. The number of hydrogen-bond acceptors (Lipinski definition) is 16. The number of nitrogens with zero attached hydrogens (tertiary/aromatic N) is 4. The van der Waals surface area contributed by atoms with Crippen LogP contribution in [0.2, 0.25) is 0 Å². The summed E-state index contributed by atoms with van der Waals surface area (Å²) < 4.78 is 36.3. The van der Waals surface area contributed by atoms with E-state index in [1.54, 1.807) is 68.1 Å². The van der Waals surface area contributed by atoms with Crippen LogP contribution in [-0.2, 0) is 69.6 Å². The van der Waals surface area contributed by atoms with Gasteiger partial charge in [-0.05, 0) is 123 Å². The van der Waals surface area contributed by atoms with Crippen LogP contribution in [-0.4, -0.2) is 125 Å². The summed E-state index contributed by atoms with van der Waals surface area (Å²) in [6.07, 6.45) is -0.473. The van der Waals surface area contributed by atoms with E-state index in [-0.39, 0.29) is 79.3 Å². The average molecular weight is 1260 g/mol. The lowest BCUT2D eigenvalue weighted by molar-refractivity contribution is -0.137. The second-order valence-electron chi connectivity index (χ2n) is 25.4. The Labute approximate surface area is 536 Å². The number of aliphatic hydroxyl groups is 1. The summed E-state index contributed by atoms with van der Waals surface area (Å²) in [5, 5.41) is 24.3. The van der Waals surface area contributed by atoms with Crippen molar-refractivity contribution in [3.63, 3.8) is 0 Å². The quantitative estimate of drug-likeness (QED) is 0.0351. The summed E-state index contributed by atoms with van der Waals surface area (Å²) in [5.74, 6) is -1.03. The van der Waals surface area contributed by atoms with Crippen molar-refractivity contribution in [2.45, 2.75) is 143 Å². The molecule has 0 bridgehead atoms. The zero-order chi connectivity index (χ0) is 65.6. The number of methoxy groups -OCH3 is 2. The van der Waals surface area contributed by atoms with Gasteiger partial charge in [-0.3, -0.25) is 29.0 Å². The number of ether oxygens (including phenoxy) is 6. The Kier molecular flexibility index (Phi) is 20.1. The summed E-state index contributed by atoms with van der Waals surface area (Å²) >= 11 is 0. The molecule has 1 aromatic heterocycles. The number of aromatic nitrogens is 1. The summed E-state index contributed by atoms with van der Waals surface area (Å²) in [6, 6.07) is 31.5. The van der Waals surface area contributed by atoms with Gasteiger partial charge in [-0.15, -0.1) is 0 Å². The molecule has 0 radical (unpaired) electrons. The van der Waals surface area contributed by atoms with Crippen molar-refractivity contribution < 1.29 is 62.3 Å². The van der Waals surface area contributed by atoms with E-state index in [0.29, 0.717) is 84.5 Å².